The van der Waals surface area contributed by atoms with Crippen LogP contribution in [-0.2, 0) is 11.2 Å². The van der Waals surface area contributed by atoms with Crippen LogP contribution in [0.25, 0.3) is 0 Å². The Morgan fingerprint density at radius 1 is 1.47 bits per heavy atom. The quantitative estimate of drug-likeness (QED) is 0.763. The molecule has 0 fully saturated rings. The maximum atomic E-state index is 13.3. The number of benzene rings is 1. The fraction of sp³-hybridized carbons (Fsp3) is 0.417. The summed E-state index contributed by atoms with van der Waals surface area (Å²) >= 11 is 5.62. The van der Waals surface area contributed by atoms with Gasteiger partial charge in [-0.2, -0.15) is 0 Å². The van der Waals surface area contributed by atoms with Crippen LogP contribution >= 0.6 is 11.6 Å². The predicted octanol–water partition coefficient (Wildman–Crippen LogP) is 2.59. The number of hydrogen-bond acceptors (Lipinski definition) is 1. The minimum Gasteiger partial charge on any atom is -0.342 e. The second-order valence-corrected chi connectivity index (χ2v) is 4.21. The Labute approximate surface area is 104 Å². The van der Waals surface area contributed by atoms with Crippen LogP contribution in [0.3, 0.4) is 0 Å². The molecule has 94 valence electrons. The van der Waals surface area contributed by atoms with Crippen molar-refractivity contribution in [2.75, 3.05) is 12.9 Å². The summed E-state index contributed by atoms with van der Waals surface area (Å²) in [5.74, 6) is -1.90. The van der Waals surface area contributed by atoms with Gasteiger partial charge < -0.3 is 4.90 Å². The number of likely N-dealkylation sites (N-methyl/N-ethyl adjacent to an activating group) is 1. The standard InChI is InChI=1S/C12H14ClF2NO/c1-8(7-13)16(2)11(17)6-9-4-3-5-10(14)12(9)15/h3-5,8H,6-7H2,1-2H3. The molecule has 1 atom stereocenters. The Kier molecular flexibility index (Phi) is 4.87. The van der Waals surface area contributed by atoms with E-state index in [0.29, 0.717) is 5.88 Å². The molecule has 0 saturated heterocycles. The fourth-order valence-corrected chi connectivity index (χ4v) is 1.53. The first-order chi connectivity index (χ1) is 7.97. The predicted molar refractivity (Wildman–Crippen MR) is 63.0 cm³/mol. The Bertz CT molecular complexity index is 411. The summed E-state index contributed by atoms with van der Waals surface area (Å²) in [7, 11) is 1.59. The molecule has 1 amide bonds. The molecule has 1 rings (SSSR count). The molecule has 0 radical (unpaired) electrons. The summed E-state index contributed by atoms with van der Waals surface area (Å²) < 4.78 is 26.3. The van der Waals surface area contributed by atoms with E-state index in [-0.39, 0.29) is 23.9 Å². The minimum atomic E-state index is -0.965. The van der Waals surface area contributed by atoms with Gasteiger partial charge in [-0.15, -0.1) is 11.6 Å². The van der Waals surface area contributed by atoms with Crippen molar-refractivity contribution in [3.05, 3.63) is 35.4 Å². The third-order valence-electron chi connectivity index (χ3n) is 2.65. The van der Waals surface area contributed by atoms with E-state index in [9.17, 15) is 13.6 Å². The number of hydrogen-bond donors (Lipinski definition) is 0. The van der Waals surface area contributed by atoms with Crippen LogP contribution in [0.5, 0.6) is 0 Å². The summed E-state index contributed by atoms with van der Waals surface area (Å²) in [5, 5.41) is 0. The minimum absolute atomic E-state index is 0.0589. The Balaban J connectivity index is 2.78. The van der Waals surface area contributed by atoms with Gasteiger partial charge in [0.05, 0.1) is 6.42 Å². The first kappa shape index (κ1) is 13.9. The highest BCUT2D eigenvalue weighted by Gasteiger charge is 2.17. The second-order valence-electron chi connectivity index (χ2n) is 3.90. The number of amides is 1. The number of carbonyl (C=O) groups excluding carboxylic acids is 1. The monoisotopic (exact) mass is 261 g/mol. The lowest BCUT2D eigenvalue weighted by Crippen LogP contribution is -2.37. The van der Waals surface area contributed by atoms with Crippen molar-refractivity contribution in [1.29, 1.82) is 0 Å². The van der Waals surface area contributed by atoms with Crippen LogP contribution in [0.2, 0.25) is 0 Å². The van der Waals surface area contributed by atoms with Gasteiger partial charge in [0.25, 0.3) is 0 Å². The molecular weight excluding hydrogens is 248 g/mol. The number of halogens is 3. The van der Waals surface area contributed by atoms with E-state index in [4.69, 9.17) is 11.6 Å². The van der Waals surface area contributed by atoms with Gasteiger partial charge in [0.1, 0.15) is 0 Å². The van der Waals surface area contributed by atoms with Crippen LogP contribution in [0, 0.1) is 11.6 Å². The zero-order valence-electron chi connectivity index (χ0n) is 9.71. The molecule has 0 N–H and O–H groups in total. The van der Waals surface area contributed by atoms with Crippen LogP contribution in [0.4, 0.5) is 8.78 Å². The highest BCUT2D eigenvalue weighted by Crippen LogP contribution is 2.13. The van der Waals surface area contributed by atoms with Gasteiger partial charge in [0.15, 0.2) is 11.6 Å². The largest absolute Gasteiger partial charge is 0.342 e. The average Bonchev–Trinajstić information content (AvgIpc) is 2.32. The highest BCUT2D eigenvalue weighted by molar-refractivity contribution is 6.18. The summed E-state index contributed by atoms with van der Waals surface area (Å²) in [4.78, 5) is 13.2. The molecule has 0 heterocycles. The molecule has 0 aliphatic carbocycles. The van der Waals surface area contributed by atoms with E-state index in [2.05, 4.69) is 0 Å². The Morgan fingerprint density at radius 2 is 2.12 bits per heavy atom. The summed E-state index contributed by atoms with van der Waals surface area (Å²) in [6.07, 6.45) is -0.165. The van der Waals surface area contributed by atoms with Crippen molar-refractivity contribution in [3.8, 4) is 0 Å². The normalized spacial score (nSPS) is 12.3. The summed E-state index contributed by atoms with van der Waals surface area (Å²) in [5.41, 5.74) is 0.0589. The lowest BCUT2D eigenvalue weighted by Gasteiger charge is -2.23. The van der Waals surface area contributed by atoms with Crippen LogP contribution in [0.15, 0.2) is 18.2 Å². The molecule has 1 unspecified atom stereocenters. The highest BCUT2D eigenvalue weighted by atomic mass is 35.5. The van der Waals surface area contributed by atoms with E-state index in [1.165, 1.54) is 17.0 Å². The molecule has 0 saturated carbocycles. The zero-order chi connectivity index (χ0) is 13.0. The molecule has 2 nitrogen and oxygen atoms in total. The average molecular weight is 262 g/mol. The number of carbonyl (C=O) groups is 1. The Morgan fingerprint density at radius 3 is 2.71 bits per heavy atom. The fourth-order valence-electron chi connectivity index (χ4n) is 1.32. The number of nitrogens with zero attached hydrogens (tertiary/aromatic N) is 1. The van der Waals surface area contributed by atoms with Crippen molar-refractivity contribution in [2.24, 2.45) is 0 Å². The zero-order valence-corrected chi connectivity index (χ0v) is 10.5. The van der Waals surface area contributed by atoms with Crippen LogP contribution in [0.1, 0.15) is 12.5 Å². The van der Waals surface area contributed by atoms with Crippen LogP contribution < -0.4 is 0 Å². The molecule has 0 aliphatic rings. The van der Waals surface area contributed by atoms with Gasteiger partial charge in [-0.25, -0.2) is 8.78 Å². The Hall–Kier alpha value is -1.16. The third kappa shape index (κ3) is 3.40. The molecule has 17 heavy (non-hydrogen) atoms. The van der Waals surface area contributed by atoms with E-state index >= 15 is 0 Å². The second kappa shape index (κ2) is 5.96. The van der Waals surface area contributed by atoms with Crippen LogP contribution in [-0.4, -0.2) is 29.8 Å². The number of rotatable bonds is 4. The first-order valence-electron chi connectivity index (χ1n) is 5.22. The van der Waals surface area contributed by atoms with E-state index < -0.39 is 11.6 Å². The smallest absolute Gasteiger partial charge is 0.227 e. The van der Waals surface area contributed by atoms with Gasteiger partial charge in [-0.1, -0.05) is 12.1 Å². The molecule has 0 bridgehead atoms. The first-order valence-corrected chi connectivity index (χ1v) is 5.75. The van der Waals surface area contributed by atoms with Crippen molar-refractivity contribution in [3.63, 3.8) is 0 Å². The van der Waals surface area contributed by atoms with Crippen molar-refractivity contribution < 1.29 is 13.6 Å². The third-order valence-corrected chi connectivity index (χ3v) is 3.10. The van der Waals surface area contributed by atoms with Gasteiger partial charge in [-0.05, 0) is 13.0 Å². The van der Waals surface area contributed by atoms with Gasteiger partial charge >= 0.3 is 0 Å². The topological polar surface area (TPSA) is 20.3 Å². The molecule has 0 aromatic heterocycles. The lowest BCUT2D eigenvalue weighted by molar-refractivity contribution is -0.130. The molecule has 1 aromatic carbocycles. The molecule has 1 aromatic rings. The van der Waals surface area contributed by atoms with E-state index in [1.807, 2.05) is 0 Å². The van der Waals surface area contributed by atoms with Gasteiger partial charge in [0.2, 0.25) is 5.91 Å². The molecule has 0 aliphatic heterocycles. The van der Waals surface area contributed by atoms with Gasteiger partial charge in [-0.3, -0.25) is 4.79 Å². The maximum absolute atomic E-state index is 13.3. The molecule has 0 spiro atoms. The van der Waals surface area contributed by atoms with Gasteiger partial charge in [0, 0.05) is 24.5 Å². The van der Waals surface area contributed by atoms with Crippen molar-refractivity contribution in [1.82, 2.24) is 4.90 Å². The number of alkyl halides is 1. The SMILES string of the molecule is CC(CCl)N(C)C(=O)Cc1cccc(F)c1F. The maximum Gasteiger partial charge on any atom is 0.227 e. The summed E-state index contributed by atoms with van der Waals surface area (Å²) in [6, 6.07) is 3.66. The molecular formula is C12H14ClF2NO. The lowest BCUT2D eigenvalue weighted by atomic mass is 10.1. The van der Waals surface area contributed by atoms with Crippen molar-refractivity contribution >= 4 is 17.5 Å². The molecule has 5 heteroatoms. The van der Waals surface area contributed by atoms with Crippen molar-refractivity contribution in [2.45, 2.75) is 19.4 Å². The van der Waals surface area contributed by atoms with E-state index in [0.717, 1.165) is 6.07 Å². The van der Waals surface area contributed by atoms with E-state index in [1.54, 1.807) is 14.0 Å². The summed E-state index contributed by atoms with van der Waals surface area (Å²) in [6.45, 7) is 1.78.